The highest BCUT2D eigenvalue weighted by Crippen LogP contribution is 2.34. The van der Waals surface area contributed by atoms with Crippen LogP contribution in [0, 0.1) is 6.92 Å². The van der Waals surface area contributed by atoms with Gasteiger partial charge in [-0.1, -0.05) is 18.2 Å². The number of benzene rings is 1. The second-order valence-electron chi connectivity index (χ2n) is 8.50. The third-order valence-corrected chi connectivity index (χ3v) is 5.68. The van der Waals surface area contributed by atoms with E-state index in [-0.39, 0.29) is 0 Å². The summed E-state index contributed by atoms with van der Waals surface area (Å²) in [6.45, 7) is 9.21. The molecule has 6 heteroatoms. The van der Waals surface area contributed by atoms with E-state index in [1.165, 1.54) is 0 Å². The Kier molecular flexibility index (Phi) is 4.72. The molecule has 29 heavy (non-hydrogen) atoms. The molecule has 0 unspecified atom stereocenters. The van der Waals surface area contributed by atoms with E-state index in [9.17, 15) is 5.11 Å². The third kappa shape index (κ3) is 3.66. The molecular weight excluding hydrogens is 363 g/mol. The smallest absolute Gasteiger partial charge is 0.311 e. The van der Waals surface area contributed by atoms with Crippen molar-refractivity contribution in [1.82, 2.24) is 9.97 Å². The van der Waals surface area contributed by atoms with E-state index in [0.29, 0.717) is 13.2 Å². The molecule has 5 nitrogen and oxygen atoms in total. The van der Waals surface area contributed by atoms with Gasteiger partial charge in [-0.3, -0.25) is 4.98 Å². The van der Waals surface area contributed by atoms with Gasteiger partial charge in [0, 0.05) is 28.2 Å². The maximum Gasteiger partial charge on any atom is 0.311 e. The zero-order valence-corrected chi connectivity index (χ0v) is 17.5. The maximum absolute atomic E-state index is 10.2. The van der Waals surface area contributed by atoms with Gasteiger partial charge in [0.2, 0.25) is 5.71 Å². The average Bonchev–Trinajstić information content (AvgIpc) is 3.03. The van der Waals surface area contributed by atoms with Gasteiger partial charge in [-0.15, -0.1) is 0 Å². The monoisotopic (exact) mass is 388 g/mol. The first-order valence-electron chi connectivity index (χ1n) is 9.76. The van der Waals surface area contributed by atoms with Crippen LogP contribution in [0.5, 0.6) is 0 Å². The van der Waals surface area contributed by atoms with Crippen molar-refractivity contribution in [3.8, 4) is 11.3 Å². The zero-order valence-electron chi connectivity index (χ0n) is 17.5. The summed E-state index contributed by atoms with van der Waals surface area (Å²) in [5.74, 6) is 0. The van der Waals surface area contributed by atoms with Gasteiger partial charge in [-0.05, 0) is 64.3 Å². The van der Waals surface area contributed by atoms with Gasteiger partial charge in [0.15, 0.2) is 0 Å². The second kappa shape index (κ2) is 6.97. The van der Waals surface area contributed by atoms with Crippen LogP contribution in [0.15, 0.2) is 53.1 Å². The summed E-state index contributed by atoms with van der Waals surface area (Å²) in [6, 6.07) is 14.1. The van der Waals surface area contributed by atoms with E-state index in [4.69, 9.17) is 9.07 Å². The van der Waals surface area contributed by atoms with Crippen molar-refractivity contribution >= 4 is 35.0 Å². The minimum Gasteiger partial charge on any atom is -0.437 e. The largest absolute Gasteiger partial charge is 0.437 e. The van der Waals surface area contributed by atoms with Crippen LogP contribution in [0.1, 0.15) is 33.4 Å². The van der Waals surface area contributed by atoms with Crippen molar-refractivity contribution < 1.29 is 14.2 Å². The Labute approximate surface area is 171 Å². The number of aliphatic hydroxyl groups is 1. The molecule has 148 valence electrons. The van der Waals surface area contributed by atoms with Crippen molar-refractivity contribution in [1.29, 1.82) is 0 Å². The van der Waals surface area contributed by atoms with Crippen LogP contribution in [0.2, 0.25) is 0 Å². The first-order chi connectivity index (χ1) is 13.7. The Morgan fingerprint density at radius 2 is 1.79 bits per heavy atom. The average molecular weight is 388 g/mol. The molecule has 3 aromatic heterocycles. The molecule has 0 saturated carbocycles. The zero-order chi connectivity index (χ0) is 20.8. The number of hydrogen-bond donors (Lipinski definition) is 1. The Balaban J connectivity index is 1.64. The molecular formula is C23H25BN2O3. The predicted molar refractivity (Wildman–Crippen MR) is 118 cm³/mol. The number of pyridine rings is 2. The summed E-state index contributed by atoms with van der Waals surface area (Å²) in [5, 5.41) is 12.3. The number of hydrogen-bond acceptors (Lipinski definition) is 5. The second-order valence-corrected chi connectivity index (χ2v) is 8.50. The normalized spacial score (nSPS) is 12.6. The number of para-hydroxylation sites is 1. The molecule has 0 atom stereocenters. The fourth-order valence-electron chi connectivity index (χ4n) is 3.08. The van der Waals surface area contributed by atoms with E-state index in [1.807, 2.05) is 63.2 Å². The van der Waals surface area contributed by atoms with Crippen LogP contribution in [0.25, 0.3) is 33.3 Å². The molecule has 0 saturated heterocycles. The minimum absolute atomic E-state index is 0.377. The van der Waals surface area contributed by atoms with Crippen molar-refractivity contribution in [3.05, 3.63) is 54.4 Å². The Bertz CT molecular complexity index is 1170. The standard InChI is InChI=1S/C23H25BN2O3/c1-14-9-11-17-16-7-6-8-18(20(16)28-21(17)26-14)19-12-10-15(13-25-19)24-29-23(4,5)22(2,3)27/h6-13,24,27H,1-5H3. The highest BCUT2D eigenvalue weighted by Gasteiger charge is 2.35. The highest BCUT2D eigenvalue weighted by atomic mass is 16.5. The van der Waals surface area contributed by atoms with Gasteiger partial charge in [-0.25, -0.2) is 4.98 Å². The van der Waals surface area contributed by atoms with Gasteiger partial charge >= 0.3 is 7.48 Å². The molecule has 0 aliphatic rings. The Hall–Kier alpha value is -2.70. The molecule has 1 aromatic carbocycles. The molecule has 0 aliphatic heterocycles. The summed E-state index contributed by atoms with van der Waals surface area (Å²) >= 11 is 0. The predicted octanol–water partition coefficient (Wildman–Crippen LogP) is 3.89. The molecule has 0 radical (unpaired) electrons. The lowest BCUT2D eigenvalue weighted by Gasteiger charge is -2.37. The topological polar surface area (TPSA) is 68.4 Å². The van der Waals surface area contributed by atoms with Crippen LogP contribution in [0.4, 0.5) is 0 Å². The lowest BCUT2D eigenvalue weighted by molar-refractivity contribution is -0.0893. The Morgan fingerprint density at radius 1 is 1.00 bits per heavy atom. The molecule has 0 bridgehead atoms. The maximum atomic E-state index is 10.2. The third-order valence-electron chi connectivity index (χ3n) is 5.68. The van der Waals surface area contributed by atoms with E-state index >= 15 is 0 Å². The summed E-state index contributed by atoms with van der Waals surface area (Å²) < 4.78 is 12.0. The lowest BCUT2D eigenvalue weighted by atomic mass is 9.83. The van der Waals surface area contributed by atoms with E-state index in [2.05, 4.69) is 9.97 Å². The fourth-order valence-corrected chi connectivity index (χ4v) is 3.08. The summed E-state index contributed by atoms with van der Waals surface area (Å²) in [4.78, 5) is 9.13. The van der Waals surface area contributed by atoms with Gasteiger partial charge in [0.1, 0.15) is 5.58 Å². The number of rotatable bonds is 5. The molecule has 0 amide bonds. The van der Waals surface area contributed by atoms with Crippen molar-refractivity contribution in [2.24, 2.45) is 0 Å². The number of fused-ring (bicyclic) bond motifs is 3. The molecule has 4 aromatic rings. The number of nitrogens with zero attached hydrogens (tertiary/aromatic N) is 2. The van der Waals surface area contributed by atoms with Crippen molar-refractivity contribution in [2.75, 3.05) is 0 Å². The van der Waals surface area contributed by atoms with Crippen LogP contribution < -0.4 is 5.46 Å². The summed E-state index contributed by atoms with van der Waals surface area (Å²) in [6.07, 6.45) is 1.81. The first-order valence-corrected chi connectivity index (χ1v) is 9.76. The van der Waals surface area contributed by atoms with Crippen LogP contribution >= 0.6 is 0 Å². The first kappa shape index (κ1) is 19.6. The van der Waals surface area contributed by atoms with Crippen molar-refractivity contribution in [2.45, 2.75) is 45.8 Å². The number of furan rings is 1. The molecule has 4 rings (SSSR count). The minimum atomic E-state index is -0.941. The van der Waals surface area contributed by atoms with Crippen molar-refractivity contribution in [3.63, 3.8) is 0 Å². The quantitative estimate of drug-likeness (QED) is 0.526. The number of aryl methyl sites for hydroxylation is 1. The SMILES string of the molecule is Cc1ccc2c(n1)oc1c(-c3ccc(BOC(C)(C)C(C)(C)O)cn3)cccc12. The molecule has 3 heterocycles. The number of aromatic nitrogens is 2. The summed E-state index contributed by atoms with van der Waals surface area (Å²) in [5.41, 5.74) is 3.46. The van der Waals surface area contributed by atoms with E-state index in [0.717, 1.165) is 38.8 Å². The van der Waals surface area contributed by atoms with Gasteiger partial charge in [0.05, 0.1) is 16.9 Å². The molecule has 1 N–H and O–H groups in total. The Morgan fingerprint density at radius 3 is 2.48 bits per heavy atom. The molecule has 0 aliphatic carbocycles. The van der Waals surface area contributed by atoms with E-state index < -0.39 is 11.2 Å². The molecule has 0 spiro atoms. The van der Waals surface area contributed by atoms with Gasteiger partial charge in [-0.2, -0.15) is 0 Å². The van der Waals surface area contributed by atoms with Gasteiger partial charge < -0.3 is 14.2 Å². The van der Waals surface area contributed by atoms with E-state index in [1.54, 1.807) is 20.0 Å². The fraction of sp³-hybridized carbons (Fsp3) is 0.304. The highest BCUT2D eigenvalue weighted by molar-refractivity contribution is 6.46. The van der Waals surface area contributed by atoms with Crippen LogP contribution in [-0.4, -0.2) is 33.8 Å². The molecule has 0 fully saturated rings. The summed E-state index contributed by atoms with van der Waals surface area (Å²) in [7, 11) is 0.377. The van der Waals surface area contributed by atoms with Gasteiger partial charge in [0.25, 0.3) is 0 Å². The lowest BCUT2D eigenvalue weighted by Crippen LogP contribution is -2.49. The van der Waals surface area contributed by atoms with Crippen LogP contribution in [-0.2, 0) is 4.65 Å². The van der Waals surface area contributed by atoms with Crippen LogP contribution in [0.3, 0.4) is 0 Å².